The van der Waals surface area contributed by atoms with Crippen LogP contribution in [0.3, 0.4) is 0 Å². The number of fused-ring (bicyclic) bond motifs is 2. The van der Waals surface area contributed by atoms with Gasteiger partial charge < -0.3 is 19.3 Å². The summed E-state index contributed by atoms with van der Waals surface area (Å²) in [7, 11) is 1.72. The van der Waals surface area contributed by atoms with Crippen molar-refractivity contribution in [1.82, 2.24) is 4.90 Å². The Kier molecular flexibility index (Phi) is 6.92. The number of hydrogen-bond donors (Lipinski definition) is 1. The van der Waals surface area contributed by atoms with Crippen molar-refractivity contribution in [2.75, 3.05) is 26.8 Å². The Hall–Kier alpha value is -2.71. The van der Waals surface area contributed by atoms with Crippen molar-refractivity contribution in [3.8, 4) is 11.5 Å². The number of methoxy groups -OCH3 is 1. The summed E-state index contributed by atoms with van der Waals surface area (Å²) in [5.41, 5.74) is 3.66. The highest BCUT2D eigenvalue weighted by molar-refractivity contribution is 5.68. The van der Waals surface area contributed by atoms with E-state index in [1.807, 2.05) is 18.2 Å². The predicted octanol–water partition coefficient (Wildman–Crippen LogP) is 5.43. The van der Waals surface area contributed by atoms with Crippen LogP contribution in [0.2, 0.25) is 0 Å². The van der Waals surface area contributed by atoms with Gasteiger partial charge in [-0.2, -0.15) is 0 Å². The Balaban J connectivity index is 1.37. The number of hydrogen-bond acceptors (Lipinski definition) is 5. The first-order valence-corrected chi connectivity index (χ1v) is 12.7. The highest BCUT2D eigenvalue weighted by atomic mass is 19.3. The summed E-state index contributed by atoms with van der Waals surface area (Å²) in [5.74, 6) is -2.65. The zero-order valence-electron chi connectivity index (χ0n) is 20.8. The quantitative estimate of drug-likeness (QED) is 0.521. The molecule has 36 heavy (non-hydrogen) atoms. The molecule has 8 heteroatoms. The van der Waals surface area contributed by atoms with Crippen LogP contribution < -0.4 is 9.47 Å². The van der Waals surface area contributed by atoms with E-state index in [-0.39, 0.29) is 30.1 Å². The third-order valence-electron chi connectivity index (χ3n) is 7.76. The third kappa shape index (κ3) is 5.06. The van der Waals surface area contributed by atoms with Crippen LogP contribution in [0.1, 0.15) is 72.4 Å². The topological polar surface area (TPSA) is 68.2 Å². The molecule has 0 saturated carbocycles. The van der Waals surface area contributed by atoms with E-state index in [2.05, 4.69) is 4.90 Å². The molecule has 2 atom stereocenters. The Labute approximate surface area is 210 Å². The lowest BCUT2D eigenvalue weighted by Gasteiger charge is -2.33. The number of carboxylic acids is 1. The fraction of sp³-hybridized carbons (Fsp3) is 0.536. The van der Waals surface area contributed by atoms with Gasteiger partial charge in [0.15, 0.2) is 0 Å². The summed E-state index contributed by atoms with van der Waals surface area (Å²) in [6, 6.07) is 8.89. The number of halogens is 2. The maximum Gasteiger partial charge on any atom is 0.304 e. The molecule has 1 saturated heterocycles. The second-order valence-electron chi connectivity index (χ2n) is 10.2. The Morgan fingerprint density at radius 3 is 2.61 bits per heavy atom. The number of likely N-dealkylation sites (tertiary alicyclic amines) is 1. The Bertz CT molecular complexity index is 1120. The first-order valence-electron chi connectivity index (χ1n) is 12.7. The molecule has 3 aliphatic rings. The van der Waals surface area contributed by atoms with Gasteiger partial charge in [-0.25, -0.2) is 8.78 Å². The summed E-state index contributed by atoms with van der Waals surface area (Å²) in [5, 5.41) is 9.12. The van der Waals surface area contributed by atoms with E-state index in [1.165, 1.54) is 0 Å². The van der Waals surface area contributed by atoms with Crippen LogP contribution in [0, 0.1) is 0 Å². The second kappa shape index (κ2) is 9.98. The maximum absolute atomic E-state index is 14.6. The maximum atomic E-state index is 14.6. The fourth-order valence-electron chi connectivity index (χ4n) is 5.85. The molecule has 0 bridgehead atoms. The number of nitrogens with zero attached hydrogens (tertiary/aromatic N) is 1. The zero-order chi connectivity index (χ0) is 25.4. The number of rotatable bonds is 8. The monoisotopic (exact) mass is 501 g/mol. The van der Waals surface area contributed by atoms with Gasteiger partial charge in [0.1, 0.15) is 17.6 Å². The van der Waals surface area contributed by atoms with E-state index in [0.717, 1.165) is 55.1 Å². The molecule has 0 spiro atoms. The lowest BCUT2D eigenvalue weighted by molar-refractivity contribution is -0.137. The zero-order valence-corrected chi connectivity index (χ0v) is 20.8. The fourth-order valence-corrected chi connectivity index (χ4v) is 5.85. The van der Waals surface area contributed by atoms with Crippen LogP contribution >= 0.6 is 0 Å². The SMILES string of the molecule is COC1CCN(Cc2c(C(C)(F)F)ccc3c2CCC3Oc2ccc3c(c2)OCC3CC(=O)O)CC1. The summed E-state index contributed by atoms with van der Waals surface area (Å²) in [6.45, 7) is 3.48. The van der Waals surface area contributed by atoms with Crippen LogP contribution in [0.4, 0.5) is 8.78 Å². The van der Waals surface area contributed by atoms with E-state index in [0.29, 0.717) is 37.5 Å². The van der Waals surface area contributed by atoms with Crippen molar-refractivity contribution in [3.05, 3.63) is 58.1 Å². The van der Waals surface area contributed by atoms with Crippen LogP contribution in [0.25, 0.3) is 0 Å². The summed E-state index contributed by atoms with van der Waals surface area (Å²) in [6.07, 6.45) is 3.25. The van der Waals surface area contributed by atoms with Gasteiger partial charge in [-0.1, -0.05) is 18.2 Å². The molecule has 6 nitrogen and oxygen atoms in total. The molecular weight excluding hydrogens is 468 g/mol. The Morgan fingerprint density at radius 1 is 1.17 bits per heavy atom. The molecule has 2 unspecified atom stereocenters. The number of ether oxygens (including phenoxy) is 3. The summed E-state index contributed by atoms with van der Waals surface area (Å²) >= 11 is 0. The number of carbonyl (C=O) groups is 1. The summed E-state index contributed by atoms with van der Waals surface area (Å²) in [4.78, 5) is 13.4. The van der Waals surface area contributed by atoms with Crippen LogP contribution in [-0.4, -0.2) is 48.9 Å². The predicted molar refractivity (Wildman–Crippen MR) is 130 cm³/mol. The van der Waals surface area contributed by atoms with Crippen LogP contribution in [0.15, 0.2) is 30.3 Å². The number of piperidine rings is 1. The van der Waals surface area contributed by atoms with Gasteiger partial charge in [0.05, 0.1) is 19.1 Å². The van der Waals surface area contributed by atoms with E-state index < -0.39 is 11.9 Å². The van der Waals surface area contributed by atoms with E-state index >= 15 is 0 Å². The first-order chi connectivity index (χ1) is 17.2. The smallest absolute Gasteiger partial charge is 0.304 e. The minimum absolute atomic E-state index is 0.0273. The number of alkyl halides is 2. The van der Waals surface area contributed by atoms with Crippen molar-refractivity contribution in [3.63, 3.8) is 0 Å². The van der Waals surface area contributed by atoms with Crippen molar-refractivity contribution >= 4 is 5.97 Å². The van der Waals surface area contributed by atoms with Gasteiger partial charge in [0.25, 0.3) is 5.92 Å². The molecule has 194 valence electrons. The molecule has 5 rings (SSSR count). The average Bonchev–Trinajstić information content (AvgIpc) is 3.43. The molecule has 0 radical (unpaired) electrons. The minimum Gasteiger partial charge on any atom is -0.492 e. The lowest BCUT2D eigenvalue weighted by atomic mass is 9.93. The molecular formula is C28H33F2NO5. The van der Waals surface area contributed by atoms with Crippen LogP contribution in [0.5, 0.6) is 11.5 Å². The third-order valence-corrected chi connectivity index (χ3v) is 7.76. The molecule has 0 amide bonds. The number of benzene rings is 2. The van der Waals surface area contributed by atoms with Crippen molar-refractivity contribution in [2.45, 2.75) is 69.6 Å². The van der Waals surface area contributed by atoms with Gasteiger partial charge in [-0.3, -0.25) is 9.69 Å². The molecule has 2 aromatic carbocycles. The van der Waals surface area contributed by atoms with Gasteiger partial charge >= 0.3 is 5.97 Å². The second-order valence-corrected chi connectivity index (χ2v) is 10.2. The summed E-state index contributed by atoms with van der Waals surface area (Å²) < 4.78 is 46.7. The Morgan fingerprint density at radius 2 is 1.92 bits per heavy atom. The molecule has 2 aromatic rings. The number of aliphatic carboxylic acids is 1. The highest BCUT2D eigenvalue weighted by Crippen LogP contribution is 2.44. The molecule has 1 N–H and O–H groups in total. The standard InChI is InChI=1S/C28H33F2NO5/c1-28(29,30)24-7-5-22-21(23(24)15-31-11-9-18(34-2)10-12-31)6-8-25(22)36-19-3-4-20-17(13-27(32)33)16-35-26(20)14-19/h3-5,7,14,17-18,25H,6,8-13,15-16H2,1-2H3,(H,32,33). The molecule has 0 aromatic heterocycles. The van der Waals surface area contributed by atoms with Gasteiger partial charge in [-0.05, 0) is 48.4 Å². The molecule has 1 fully saturated rings. The van der Waals surface area contributed by atoms with Gasteiger partial charge in [0.2, 0.25) is 0 Å². The lowest BCUT2D eigenvalue weighted by Crippen LogP contribution is -2.37. The normalized spacial score (nSPS) is 22.2. The highest BCUT2D eigenvalue weighted by Gasteiger charge is 2.35. The van der Waals surface area contributed by atoms with E-state index in [9.17, 15) is 13.6 Å². The van der Waals surface area contributed by atoms with Crippen molar-refractivity contribution in [1.29, 1.82) is 0 Å². The average molecular weight is 502 g/mol. The van der Waals surface area contributed by atoms with E-state index in [1.54, 1.807) is 19.2 Å². The minimum atomic E-state index is -2.92. The van der Waals surface area contributed by atoms with Crippen molar-refractivity contribution < 1.29 is 32.9 Å². The molecule has 2 heterocycles. The molecule has 2 aliphatic heterocycles. The van der Waals surface area contributed by atoms with Gasteiger partial charge in [0, 0.05) is 56.8 Å². The van der Waals surface area contributed by atoms with Crippen LogP contribution in [-0.2, 0) is 28.4 Å². The van der Waals surface area contributed by atoms with Gasteiger partial charge in [-0.15, -0.1) is 0 Å². The van der Waals surface area contributed by atoms with E-state index in [4.69, 9.17) is 19.3 Å². The largest absolute Gasteiger partial charge is 0.492 e. The first kappa shape index (κ1) is 25.0. The molecule has 1 aliphatic carbocycles. The number of carboxylic acid groups (broad SMARTS) is 1. The van der Waals surface area contributed by atoms with Crippen molar-refractivity contribution in [2.24, 2.45) is 0 Å².